The number of nitrogens with two attached hydrogens (primary N) is 1. The van der Waals surface area contributed by atoms with Crippen molar-refractivity contribution in [3.8, 4) is 0 Å². The highest BCUT2D eigenvalue weighted by Gasteiger charge is 2.16. The van der Waals surface area contributed by atoms with Crippen molar-refractivity contribution in [2.24, 2.45) is 5.73 Å². The molecule has 0 atom stereocenters. The fourth-order valence-corrected chi connectivity index (χ4v) is 1.70. The summed E-state index contributed by atoms with van der Waals surface area (Å²) in [7, 11) is 0. The van der Waals surface area contributed by atoms with Gasteiger partial charge >= 0.3 is 0 Å². The maximum absolute atomic E-state index is 13.6. The molecule has 1 heterocycles. The minimum Gasteiger partial charge on any atom is -0.388 e. The summed E-state index contributed by atoms with van der Waals surface area (Å²) in [4.78, 5) is 4.00. The molecule has 0 radical (unpaired) electrons. The van der Waals surface area contributed by atoms with E-state index in [0.717, 1.165) is 6.07 Å². The van der Waals surface area contributed by atoms with Gasteiger partial charge in [-0.25, -0.2) is 13.8 Å². The number of aliphatic hydroxyl groups is 1. The van der Waals surface area contributed by atoms with Gasteiger partial charge in [-0.15, -0.1) is 0 Å². The highest BCUT2D eigenvalue weighted by molar-refractivity contribution is 5.76. The Morgan fingerprint density at radius 1 is 1.38 bits per heavy atom. The molecule has 0 amide bonds. The molecule has 0 aliphatic carbocycles. The first-order valence-corrected chi connectivity index (χ1v) is 4.83. The summed E-state index contributed by atoms with van der Waals surface area (Å²) in [6.45, 7) is 0.205. The van der Waals surface area contributed by atoms with Crippen LogP contribution in [0.25, 0.3) is 11.0 Å². The lowest BCUT2D eigenvalue weighted by Gasteiger charge is -2.06. The van der Waals surface area contributed by atoms with Crippen LogP contribution in [0.1, 0.15) is 5.82 Å². The van der Waals surface area contributed by atoms with Crippen LogP contribution in [0.15, 0.2) is 12.1 Å². The first-order chi connectivity index (χ1) is 7.69. The van der Waals surface area contributed by atoms with Gasteiger partial charge in [0.2, 0.25) is 0 Å². The van der Waals surface area contributed by atoms with Gasteiger partial charge in [0.05, 0.1) is 5.52 Å². The molecule has 86 valence electrons. The van der Waals surface area contributed by atoms with E-state index in [9.17, 15) is 8.78 Å². The Balaban J connectivity index is 2.75. The molecule has 0 spiro atoms. The number of aromatic nitrogens is 2. The number of imidazole rings is 1. The lowest BCUT2D eigenvalue weighted by molar-refractivity contribution is 0.266. The van der Waals surface area contributed by atoms with E-state index in [-0.39, 0.29) is 31.0 Å². The van der Waals surface area contributed by atoms with Gasteiger partial charge in [0.1, 0.15) is 17.9 Å². The topological polar surface area (TPSA) is 64.1 Å². The van der Waals surface area contributed by atoms with Gasteiger partial charge < -0.3 is 15.4 Å². The molecule has 3 N–H and O–H groups in total. The molecule has 16 heavy (non-hydrogen) atoms. The zero-order valence-corrected chi connectivity index (χ0v) is 8.45. The third-order valence-electron chi connectivity index (χ3n) is 2.37. The molecule has 0 unspecified atom stereocenters. The number of hydrogen-bond acceptors (Lipinski definition) is 3. The van der Waals surface area contributed by atoms with Gasteiger partial charge in [-0.2, -0.15) is 0 Å². The van der Waals surface area contributed by atoms with Crippen molar-refractivity contribution in [3.63, 3.8) is 0 Å². The second kappa shape index (κ2) is 4.15. The number of aliphatic hydroxyl groups excluding tert-OH is 1. The molecular formula is C10H11F2N3O. The predicted molar refractivity (Wildman–Crippen MR) is 54.6 cm³/mol. The van der Waals surface area contributed by atoms with Gasteiger partial charge in [-0.1, -0.05) is 0 Å². The third-order valence-corrected chi connectivity index (χ3v) is 2.37. The molecule has 1 aromatic carbocycles. The Labute approximate surface area is 90.3 Å². The van der Waals surface area contributed by atoms with E-state index in [4.69, 9.17) is 10.8 Å². The normalized spacial score (nSPS) is 11.2. The third kappa shape index (κ3) is 1.56. The van der Waals surface area contributed by atoms with Crippen LogP contribution >= 0.6 is 0 Å². The monoisotopic (exact) mass is 227 g/mol. The summed E-state index contributed by atoms with van der Waals surface area (Å²) in [6.07, 6.45) is 0. The second-order valence-electron chi connectivity index (χ2n) is 3.36. The molecule has 1 aromatic heterocycles. The Hall–Kier alpha value is -1.53. The van der Waals surface area contributed by atoms with Gasteiger partial charge in [0.15, 0.2) is 11.6 Å². The van der Waals surface area contributed by atoms with Crippen LogP contribution in [-0.2, 0) is 13.2 Å². The lowest BCUT2D eigenvalue weighted by Crippen LogP contribution is -2.13. The Morgan fingerprint density at radius 3 is 2.75 bits per heavy atom. The van der Waals surface area contributed by atoms with Crippen molar-refractivity contribution in [2.75, 3.05) is 6.54 Å². The molecule has 2 rings (SSSR count). The molecule has 6 heteroatoms. The van der Waals surface area contributed by atoms with Crippen LogP contribution in [0.2, 0.25) is 0 Å². The predicted octanol–water partition coefficient (Wildman–Crippen LogP) is 0.765. The van der Waals surface area contributed by atoms with Crippen molar-refractivity contribution in [2.45, 2.75) is 13.2 Å². The number of hydrogen-bond donors (Lipinski definition) is 2. The zero-order valence-electron chi connectivity index (χ0n) is 8.45. The summed E-state index contributed by atoms with van der Waals surface area (Å²) in [5.74, 6) is -1.61. The summed E-state index contributed by atoms with van der Waals surface area (Å²) in [5, 5.41) is 9.07. The van der Waals surface area contributed by atoms with Crippen molar-refractivity contribution in [1.29, 1.82) is 0 Å². The van der Waals surface area contributed by atoms with Gasteiger partial charge in [-0.05, 0) is 12.1 Å². The van der Waals surface area contributed by atoms with Crippen LogP contribution < -0.4 is 5.73 Å². The van der Waals surface area contributed by atoms with E-state index >= 15 is 0 Å². The van der Waals surface area contributed by atoms with Crippen molar-refractivity contribution in [1.82, 2.24) is 9.55 Å². The van der Waals surface area contributed by atoms with Crippen LogP contribution in [0, 0.1) is 11.6 Å². The molecule has 4 nitrogen and oxygen atoms in total. The minimum absolute atomic E-state index is 0.0505. The van der Waals surface area contributed by atoms with Crippen LogP contribution in [0.5, 0.6) is 0 Å². The first kappa shape index (κ1) is 11.0. The van der Waals surface area contributed by atoms with E-state index in [0.29, 0.717) is 5.52 Å². The molecular weight excluding hydrogens is 216 g/mol. The fraction of sp³-hybridized carbons (Fsp3) is 0.300. The summed E-state index contributed by atoms with van der Waals surface area (Å²) < 4.78 is 28.0. The van der Waals surface area contributed by atoms with Gasteiger partial charge in [0, 0.05) is 13.1 Å². The van der Waals surface area contributed by atoms with E-state index < -0.39 is 11.6 Å². The number of nitrogens with zero attached hydrogens (tertiary/aromatic N) is 2. The highest BCUT2D eigenvalue weighted by atomic mass is 19.2. The van der Waals surface area contributed by atoms with Crippen molar-refractivity contribution >= 4 is 11.0 Å². The average Bonchev–Trinajstić information content (AvgIpc) is 2.63. The summed E-state index contributed by atoms with van der Waals surface area (Å²) in [5.41, 5.74) is 5.74. The molecule has 0 saturated carbocycles. The molecule has 2 aromatic rings. The highest BCUT2D eigenvalue weighted by Crippen LogP contribution is 2.21. The van der Waals surface area contributed by atoms with Crippen LogP contribution in [-0.4, -0.2) is 21.2 Å². The van der Waals surface area contributed by atoms with E-state index in [2.05, 4.69) is 4.98 Å². The number of fused-ring (bicyclic) bond motifs is 1. The van der Waals surface area contributed by atoms with Gasteiger partial charge in [-0.3, -0.25) is 0 Å². The first-order valence-electron chi connectivity index (χ1n) is 4.83. The molecule has 0 bridgehead atoms. The SMILES string of the molecule is NCCn1c(CO)nc2ccc(F)c(F)c21. The number of halogens is 2. The molecule has 0 fully saturated rings. The number of rotatable bonds is 3. The lowest BCUT2D eigenvalue weighted by atomic mass is 10.3. The Kier molecular flexibility index (Phi) is 2.84. The standard InChI is InChI=1S/C10H11F2N3O/c11-6-1-2-7-10(9(6)12)15(4-3-13)8(5-16)14-7/h1-2,16H,3-5,13H2. The summed E-state index contributed by atoms with van der Waals surface area (Å²) in [6, 6.07) is 2.39. The van der Waals surface area contributed by atoms with Gasteiger partial charge in [0.25, 0.3) is 0 Å². The smallest absolute Gasteiger partial charge is 0.184 e. The maximum Gasteiger partial charge on any atom is 0.184 e. The average molecular weight is 227 g/mol. The quantitative estimate of drug-likeness (QED) is 0.813. The largest absolute Gasteiger partial charge is 0.388 e. The molecule has 0 aliphatic rings. The Bertz CT molecular complexity index is 524. The molecule has 0 saturated heterocycles. The van der Waals surface area contributed by atoms with E-state index in [1.807, 2.05) is 0 Å². The Morgan fingerprint density at radius 2 is 2.12 bits per heavy atom. The maximum atomic E-state index is 13.6. The van der Waals surface area contributed by atoms with Crippen molar-refractivity contribution < 1.29 is 13.9 Å². The molecule has 0 aliphatic heterocycles. The number of benzene rings is 1. The second-order valence-corrected chi connectivity index (χ2v) is 3.36. The minimum atomic E-state index is -0.960. The zero-order chi connectivity index (χ0) is 11.7. The van der Waals surface area contributed by atoms with Crippen LogP contribution in [0.4, 0.5) is 8.78 Å². The van der Waals surface area contributed by atoms with E-state index in [1.54, 1.807) is 0 Å². The summed E-state index contributed by atoms with van der Waals surface area (Å²) >= 11 is 0. The van der Waals surface area contributed by atoms with E-state index in [1.165, 1.54) is 10.6 Å². The van der Waals surface area contributed by atoms with Crippen molar-refractivity contribution in [3.05, 3.63) is 29.6 Å². The van der Waals surface area contributed by atoms with Crippen LogP contribution in [0.3, 0.4) is 0 Å². The fourth-order valence-electron chi connectivity index (χ4n) is 1.70.